The topological polar surface area (TPSA) is 59.1 Å². The van der Waals surface area contributed by atoms with E-state index in [1.165, 1.54) is 0 Å². The van der Waals surface area contributed by atoms with E-state index in [0.29, 0.717) is 11.4 Å². The first kappa shape index (κ1) is 8.86. The Balaban J connectivity index is 2.87. The van der Waals surface area contributed by atoms with Crippen LogP contribution in [0.5, 0.6) is 0 Å². The minimum Gasteiger partial charge on any atom is -0.278 e. The highest BCUT2D eigenvalue weighted by molar-refractivity contribution is 7.83. The Hall–Kier alpha value is -1.23. The number of aromatic nitrogens is 1. The van der Waals surface area contributed by atoms with Crippen molar-refractivity contribution in [3.05, 3.63) is 23.9 Å². The number of aryl methyl sites for hydroxylation is 1. The molecule has 1 heterocycles. The predicted octanol–water partition coefficient (Wildman–Crippen LogP) is 0.159. The van der Waals surface area contributed by atoms with E-state index in [1.54, 1.807) is 25.1 Å². The van der Waals surface area contributed by atoms with Crippen molar-refractivity contribution >= 4 is 17.4 Å². The van der Waals surface area contributed by atoms with Gasteiger partial charge in [-0.15, -0.1) is 0 Å². The van der Waals surface area contributed by atoms with Crippen molar-refractivity contribution in [1.29, 1.82) is 0 Å². The first-order valence-corrected chi connectivity index (χ1v) is 4.44. The lowest BCUT2D eigenvalue weighted by Crippen LogP contribution is -2.15. The van der Waals surface area contributed by atoms with Gasteiger partial charge in [-0.2, -0.15) is 0 Å². The van der Waals surface area contributed by atoms with Crippen LogP contribution in [0.15, 0.2) is 23.2 Å². The zero-order chi connectivity index (χ0) is 8.97. The summed E-state index contributed by atoms with van der Waals surface area (Å²) in [6.07, 6.45) is 0.389. The molecule has 4 nitrogen and oxygen atoms in total. The molecule has 0 aliphatic carbocycles. The van der Waals surface area contributed by atoms with Gasteiger partial charge in [-0.05, 0) is 19.1 Å². The van der Waals surface area contributed by atoms with Gasteiger partial charge >= 0.3 is 0 Å². The van der Waals surface area contributed by atoms with Crippen LogP contribution < -0.4 is 4.72 Å². The standard InChI is InChI=1S/C7H8N2O2S/c1-6-3-2-4-7(9-6)12(11)8-5-10/h2-5H,1H3,(H,8,10). The van der Waals surface area contributed by atoms with Crippen molar-refractivity contribution in [3.8, 4) is 0 Å². The minimum atomic E-state index is -1.52. The molecule has 1 unspecified atom stereocenters. The highest BCUT2D eigenvalue weighted by atomic mass is 32.2. The smallest absolute Gasteiger partial charge is 0.219 e. The van der Waals surface area contributed by atoms with E-state index >= 15 is 0 Å². The van der Waals surface area contributed by atoms with Gasteiger partial charge in [0.25, 0.3) is 0 Å². The van der Waals surface area contributed by atoms with Gasteiger partial charge in [0.05, 0.1) is 0 Å². The van der Waals surface area contributed by atoms with Crippen LogP contribution in [-0.4, -0.2) is 15.6 Å². The van der Waals surface area contributed by atoms with Gasteiger partial charge in [0.15, 0.2) is 11.0 Å². The Labute approximate surface area is 72.6 Å². The summed E-state index contributed by atoms with van der Waals surface area (Å²) in [4.78, 5) is 13.9. The molecule has 5 heteroatoms. The summed E-state index contributed by atoms with van der Waals surface area (Å²) in [6, 6.07) is 5.13. The van der Waals surface area contributed by atoms with E-state index in [9.17, 15) is 9.00 Å². The molecule has 64 valence electrons. The van der Waals surface area contributed by atoms with E-state index in [-0.39, 0.29) is 0 Å². The maximum atomic E-state index is 11.1. The van der Waals surface area contributed by atoms with Crippen molar-refractivity contribution in [2.45, 2.75) is 11.9 Å². The highest BCUT2D eigenvalue weighted by Crippen LogP contribution is 2.00. The number of pyridine rings is 1. The summed E-state index contributed by atoms with van der Waals surface area (Å²) in [7, 11) is -1.52. The van der Waals surface area contributed by atoms with E-state index in [2.05, 4.69) is 9.71 Å². The lowest BCUT2D eigenvalue weighted by Gasteiger charge is -1.98. The second-order valence-electron chi connectivity index (χ2n) is 2.12. The van der Waals surface area contributed by atoms with Crippen molar-refractivity contribution in [1.82, 2.24) is 9.71 Å². The maximum absolute atomic E-state index is 11.1. The number of hydrogen-bond donors (Lipinski definition) is 1. The number of carbonyl (C=O) groups is 1. The molecule has 0 saturated carbocycles. The van der Waals surface area contributed by atoms with Gasteiger partial charge in [-0.25, -0.2) is 9.19 Å². The zero-order valence-corrected chi connectivity index (χ0v) is 7.30. The molecule has 0 bridgehead atoms. The summed E-state index contributed by atoms with van der Waals surface area (Å²) in [5, 5.41) is 0.363. The van der Waals surface area contributed by atoms with Crippen LogP contribution in [-0.2, 0) is 15.8 Å². The molecular weight excluding hydrogens is 176 g/mol. The number of carbonyl (C=O) groups excluding carboxylic acids is 1. The molecule has 12 heavy (non-hydrogen) atoms. The summed E-state index contributed by atoms with van der Waals surface area (Å²) in [6.45, 7) is 1.79. The third-order valence-electron chi connectivity index (χ3n) is 1.21. The first-order chi connectivity index (χ1) is 5.74. The fourth-order valence-corrected chi connectivity index (χ4v) is 1.36. The molecular formula is C7H8N2O2S. The zero-order valence-electron chi connectivity index (χ0n) is 6.48. The van der Waals surface area contributed by atoms with E-state index in [4.69, 9.17) is 0 Å². The molecule has 0 aromatic carbocycles. The molecule has 1 amide bonds. The molecule has 0 spiro atoms. The summed E-state index contributed by atoms with van der Waals surface area (Å²) in [5.41, 5.74) is 0.772. The summed E-state index contributed by atoms with van der Waals surface area (Å²) < 4.78 is 13.2. The third kappa shape index (κ3) is 2.13. The molecule has 0 saturated heterocycles. The fourth-order valence-electron chi connectivity index (χ4n) is 0.725. The predicted molar refractivity (Wildman–Crippen MR) is 44.6 cm³/mol. The minimum absolute atomic E-state index is 0.363. The monoisotopic (exact) mass is 184 g/mol. The number of amides is 1. The molecule has 0 aliphatic heterocycles. The second-order valence-corrected chi connectivity index (χ2v) is 3.31. The van der Waals surface area contributed by atoms with E-state index in [1.807, 2.05) is 0 Å². The van der Waals surface area contributed by atoms with Gasteiger partial charge in [0.1, 0.15) is 5.03 Å². The highest BCUT2D eigenvalue weighted by Gasteiger charge is 2.02. The maximum Gasteiger partial charge on any atom is 0.219 e. The summed E-state index contributed by atoms with van der Waals surface area (Å²) >= 11 is 0. The Morgan fingerprint density at radius 1 is 1.58 bits per heavy atom. The van der Waals surface area contributed by atoms with Crippen LogP contribution in [0.3, 0.4) is 0 Å². The Morgan fingerprint density at radius 3 is 2.92 bits per heavy atom. The Bertz CT molecular complexity index is 314. The largest absolute Gasteiger partial charge is 0.278 e. The number of nitrogens with zero attached hydrogens (tertiary/aromatic N) is 1. The van der Waals surface area contributed by atoms with Gasteiger partial charge in [0.2, 0.25) is 6.41 Å². The lowest BCUT2D eigenvalue weighted by molar-refractivity contribution is -0.108. The lowest BCUT2D eigenvalue weighted by atomic mass is 10.4. The van der Waals surface area contributed by atoms with Crippen LogP contribution in [0.4, 0.5) is 0 Å². The Kier molecular flexibility index (Phi) is 2.93. The normalized spacial score (nSPS) is 12.1. The molecule has 0 fully saturated rings. The van der Waals surface area contributed by atoms with Crippen LogP contribution in [0.1, 0.15) is 5.69 Å². The molecule has 0 radical (unpaired) electrons. The molecule has 1 atom stereocenters. The molecule has 1 aromatic rings. The molecule has 0 aliphatic rings. The van der Waals surface area contributed by atoms with Crippen molar-refractivity contribution in [2.24, 2.45) is 0 Å². The second kappa shape index (κ2) is 3.96. The van der Waals surface area contributed by atoms with E-state index < -0.39 is 11.0 Å². The molecule has 1 N–H and O–H groups in total. The van der Waals surface area contributed by atoms with Crippen molar-refractivity contribution in [2.75, 3.05) is 0 Å². The fraction of sp³-hybridized carbons (Fsp3) is 0.143. The first-order valence-electron chi connectivity index (χ1n) is 3.29. The van der Waals surface area contributed by atoms with E-state index in [0.717, 1.165) is 5.69 Å². The Morgan fingerprint density at radius 2 is 2.33 bits per heavy atom. The number of rotatable bonds is 3. The van der Waals surface area contributed by atoms with Crippen LogP contribution >= 0.6 is 0 Å². The van der Waals surface area contributed by atoms with Crippen LogP contribution in [0, 0.1) is 6.92 Å². The van der Waals surface area contributed by atoms with Crippen LogP contribution in [0.2, 0.25) is 0 Å². The van der Waals surface area contributed by atoms with Gasteiger partial charge in [-0.3, -0.25) is 9.52 Å². The number of hydrogen-bond acceptors (Lipinski definition) is 3. The van der Waals surface area contributed by atoms with Gasteiger partial charge < -0.3 is 0 Å². The molecule has 1 aromatic heterocycles. The average Bonchev–Trinajstić information content (AvgIpc) is 2.05. The van der Waals surface area contributed by atoms with Gasteiger partial charge in [0, 0.05) is 5.69 Å². The van der Waals surface area contributed by atoms with Crippen LogP contribution in [0.25, 0.3) is 0 Å². The summed E-state index contributed by atoms with van der Waals surface area (Å²) in [5.74, 6) is 0. The number of nitrogens with one attached hydrogen (secondary N) is 1. The quantitative estimate of drug-likeness (QED) is 0.681. The van der Waals surface area contributed by atoms with Crippen molar-refractivity contribution < 1.29 is 9.00 Å². The van der Waals surface area contributed by atoms with Crippen molar-refractivity contribution in [3.63, 3.8) is 0 Å². The third-order valence-corrected chi connectivity index (χ3v) is 2.13. The average molecular weight is 184 g/mol. The molecule has 1 rings (SSSR count). The van der Waals surface area contributed by atoms with Gasteiger partial charge in [-0.1, -0.05) is 6.07 Å². The SMILES string of the molecule is Cc1cccc(S(=O)NC=O)n1.